The number of H-pyrrole nitrogens is 1. The second-order valence-corrected chi connectivity index (χ2v) is 8.20. The van der Waals surface area contributed by atoms with Crippen molar-refractivity contribution in [3.8, 4) is 11.5 Å². The number of aromatic nitrogens is 3. The SMILES string of the molecule is C[C@H](Nc1nnc(-c2cc3ccccc3[nH]c2=O)o1)C(=O)N1CCC2(CC1)CC2. The van der Waals surface area contributed by atoms with Crippen molar-refractivity contribution in [2.24, 2.45) is 5.41 Å². The number of likely N-dealkylation sites (tertiary alicyclic amines) is 1. The number of rotatable bonds is 4. The van der Waals surface area contributed by atoms with Crippen molar-refractivity contribution in [1.82, 2.24) is 20.1 Å². The first kappa shape index (κ1) is 17.9. The summed E-state index contributed by atoms with van der Waals surface area (Å²) in [5.41, 5.74) is 1.27. The predicted molar refractivity (Wildman–Crippen MR) is 108 cm³/mol. The van der Waals surface area contributed by atoms with E-state index in [0.29, 0.717) is 11.0 Å². The number of nitrogens with zero attached hydrogens (tertiary/aromatic N) is 3. The van der Waals surface area contributed by atoms with Gasteiger partial charge in [0.2, 0.25) is 5.91 Å². The Kier molecular flexibility index (Phi) is 4.15. The van der Waals surface area contributed by atoms with Gasteiger partial charge < -0.3 is 19.6 Å². The van der Waals surface area contributed by atoms with Crippen LogP contribution in [0.3, 0.4) is 0 Å². The number of benzene rings is 1. The van der Waals surface area contributed by atoms with Crippen LogP contribution in [0.1, 0.15) is 32.6 Å². The van der Waals surface area contributed by atoms with Crippen molar-refractivity contribution >= 4 is 22.8 Å². The number of carbonyl (C=O) groups is 1. The predicted octanol–water partition coefficient (Wildman–Crippen LogP) is 2.78. The van der Waals surface area contributed by atoms with E-state index in [1.54, 1.807) is 13.0 Å². The third kappa shape index (κ3) is 3.39. The molecular weight excluding hydrogens is 370 g/mol. The van der Waals surface area contributed by atoms with Gasteiger partial charge in [0.25, 0.3) is 11.4 Å². The molecule has 29 heavy (non-hydrogen) atoms. The highest BCUT2D eigenvalue weighted by molar-refractivity contribution is 5.84. The molecule has 150 valence electrons. The summed E-state index contributed by atoms with van der Waals surface area (Å²) >= 11 is 0. The summed E-state index contributed by atoms with van der Waals surface area (Å²) in [6.07, 6.45) is 4.81. The molecule has 1 saturated heterocycles. The molecule has 1 atom stereocenters. The Morgan fingerprint density at radius 1 is 1.21 bits per heavy atom. The van der Waals surface area contributed by atoms with Gasteiger partial charge in [0, 0.05) is 18.6 Å². The monoisotopic (exact) mass is 393 g/mol. The zero-order chi connectivity index (χ0) is 20.0. The Morgan fingerprint density at radius 2 is 1.97 bits per heavy atom. The Hall–Kier alpha value is -3.16. The smallest absolute Gasteiger partial charge is 0.316 e. The number of para-hydroxylation sites is 1. The van der Waals surface area contributed by atoms with Crippen molar-refractivity contribution in [3.05, 3.63) is 40.7 Å². The van der Waals surface area contributed by atoms with E-state index in [1.165, 1.54) is 12.8 Å². The van der Waals surface area contributed by atoms with Crippen molar-refractivity contribution in [1.29, 1.82) is 0 Å². The zero-order valence-corrected chi connectivity index (χ0v) is 16.3. The number of pyridine rings is 1. The van der Waals surface area contributed by atoms with E-state index in [0.717, 1.165) is 36.8 Å². The van der Waals surface area contributed by atoms with Crippen LogP contribution in [0.5, 0.6) is 0 Å². The first-order valence-corrected chi connectivity index (χ1v) is 10.0. The minimum Gasteiger partial charge on any atom is -0.403 e. The van der Waals surface area contributed by atoms with Crippen molar-refractivity contribution in [3.63, 3.8) is 0 Å². The molecule has 0 radical (unpaired) electrons. The molecule has 5 rings (SSSR count). The number of hydrogen-bond donors (Lipinski definition) is 2. The number of fused-ring (bicyclic) bond motifs is 1. The molecule has 3 aromatic rings. The van der Waals surface area contributed by atoms with Gasteiger partial charge >= 0.3 is 6.01 Å². The quantitative estimate of drug-likeness (QED) is 0.706. The van der Waals surface area contributed by atoms with Crippen molar-refractivity contribution in [2.75, 3.05) is 18.4 Å². The second-order valence-electron chi connectivity index (χ2n) is 8.20. The molecule has 2 aromatic heterocycles. The molecule has 1 spiro atoms. The van der Waals surface area contributed by atoms with Gasteiger partial charge in [-0.15, -0.1) is 5.10 Å². The molecule has 0 unspecified atom stereocenters. The van der Waals surface area contributed by atoms with Crippen molar-refractivity contribution in [2.45, 2.75) is 38.6 Å². The van der Waals surface area contributed by atoms with Crippen LogP contribution in [0, 0.1) is 5.41 Å². The fourth-order valence-corrected chi connectivity index (χ4v) is 4.10. The summed E-state index contributed by atoms with van der Waals surface area (Å²) in [5.74, 6) is 0.150. The van der Waals surface area contributed by atoms with Crippen LogP contribution in [0.2, 0.25) is 0 Å². The van der Waals surface area contributed by atoms with E-state index in [1.807, 2.05) is 29.2 Å². The van der Waals surface area contributed by atoms with E-state index < -0.39 is 6.04 Å². The molecule has 1 saturated carbocycles. The standard InChI is InChI=1S/C21H23N5O3/c1-13(19(28)26-10-8-21(6-7-21)9-11-26)22-20-25-24-18(29-20)15-12-14-4-2-3-5-16(14)23-17(15)27/h2-5,12-13H,6-11H2,1H3,(H,22,25)(H,23,27)/t13-/m0/s1. The van der Waals surface area contributed by atoms with E-state index in [2.05, 4.69) is 20.5 Å². The van der Waals surface area contributed by atoms with Gasteiger partial charge in [-0.05, 0) is 55.5 Å². The summed E-state index contributed by atoms with van der Waals surface area (Å²) < 4.78 is 5.63. The van der Waals surface area contributed by atoms with Gasteiger partial charge in [-0.25, -0.2) is 0 Å². The molecule has 2 aliphatic rings. The van der Waals surface area contributed by atoms with Gasteiger partial charge in [0.05, 0.1) is 0 Å². The molecule has 1 aliphatic carbocycles. The minimum atomic E-state index is -0.480. The first-order valence-electron chi connectivity index (χ1n) is 10.0. The van der Waals surface area contributed by atoms with Crippen LogP contribution < -0.4 is 10.9 Å². The fraction of sp³-hybridized carbons (Fsp3) is 0.429. The summed E-state index contributed by atoms with van der Waals surface area (Å²) in [5, 5.41) is 11.8. The maximum Gasteiger partial charge on any atom is 0.316 e. The number of amides is 1. The fourth-order valence-electron chi connectivity index (χ4n) is 4.10. The van der Waals surface area contributed by atoms with E-state index in [-0.39, 0.29) is 23.4 Å². The largest absolute Gasteiger partial charge is 0.403 e. The van der Waals surface area contributed by atoms with Crippen LogP contribution in [-0.4, -0.2) is 45.1 Å². The van der Waals surface area contributed by atoms with Crippen LogP contribution in [0.4, 0.5) is 6.01 Å². The Labute approximate surface area is 167 Å². The molecule has 1 aromatic carbocycles. The highest BCUT2D eigenvalue weighted by Crippen LogP contribution is 2.53. The summed E-state index contributed by atoms with van der Waals surface area (Å²) in [7, 11) is 0. The van der Waals surface area contributed by atoms with Gasteiger partial charge in [-0.3, -0.25) is 9.59 Å². The first-order chi connectivity index (χ1) is 14.0. The maximum atomic E-state index is 12.7. The van der Waals surface area contributed by atoms with E-state index in [4.69, 9.17) is 4.42 Å². The molecule has 3 heterocycles. The topological polar surface area (TPSA) is 104 Å². The Morgan fingerprint density at radius 3 is 2.72 bits per heavy atom. The summed E-state index contributed by atoms with van der Waals surface area (Å²) in [6, 6.07) is 8.86. The number of anilines is 1. The minimum absolute atomic E-state index is 0.0313. The van der Waals surface area contributed by atoms with Crippen LogP contribution in [0.15, 0.2) is 39.5 Å². The number of carbonyl (C=O) groups excluding carboxylic acids is 1. The number of hydrogen-bond acceptors (Lipinski definition) is 6. The Balaban J connectivity index is 1.29. The normalized spacial score (nSPS) is 18.7. The van der Waals surface area contributed by atoms with Gasteiger partial charge in [0.1, 0.15) is 11.6 Å². The van der Waals surface area contributed by atoms with Gasteiger partial charge in [-0.2, -0.15) is 0 Å². The third-order valence-electron chi connectivity index (χ3n) is 6.21. The highest BCUT2D eigenvalue weighted by atomic mass is 16.4. The molecule has 2 fully saturated rings. The third-order valence-corrected chi connectivity index (χ3v) is 6.21. The Bertz CT molecular complexity index is 1120. The van der Waals surface area contributed by atoms with Gasteiger partial charge in [-0.1, -0.05) is 23.3 Å². The lowest BCUT2D eigenvalue weighted by molar-refractivity contribution is -0.133. The average molecular weight is 393 g/mol. The molecule has 1 aliphatic heterocycles. The maximum absolute atomic E-state index is 12.7. The number of aromatic amines is 1. The van der Waals surface area contributed by atoms with Crippen LogP contribution >= 0.6 is 0 Å². The van der Waals surface area contributed by atoms with Crippen LogP contribution in [-0.2, 0) is 4.79 Å². The zero-order valence-electron chi connectivity index (χ0n) is 16.3. The van der Waals surface area contributed by atoms with Crippen molar-refractivity contribution < 1.29 is 9.21 Å². The lowest BCUT2D eigenvalue weighted by Gasteiger charge is -2.33. The van der Waals surface area contributed by atoms with E-state index >= 15 is 0 Å². The van der Waals surface area contributed by atoms with E-state index in [9.17, 15) is 9.59 Å². The van der Waals surface area contributed by atoms with Crippen LogP contribution in [0.25, 0.3) is 22.4 Å². The molecule has 1 amide bonds. The molecule has 8 heteroatoms. The summed E-state index contributed by atoms with van der Waals surface area (Å²) in [6.45, 7) is 3.41. The molecular formula is C21H23N5O3. The average Bonchev–Trinajstić information content (AvgIpc) is 3.32. The lowest BCUT2D eigenvalue weighted by atomic mass is 9.93. The lowest BCUT2D eigenvalue weighted by Crippen LogP contribution is -2.45. The number of piperidine rings is 1. The van der Waals surface area contributed by atoms with Gasteiger partial charge in [0.15, 0.2) is 0 Å². The summed E-state index contributed by atoms with van der Waals surface area (Å²) in [4.78, 5) is 29.8. The molecule has 8 nitrogen and oxygen atoms in total. The molecule has 2 N–H and O–H groups in total. The number of nitrogens with one attached hydrogen (secondary N) is 2. The second kappa shape index (κ2) is 6.72. The highest BCUT2D eigenvalue weighted by Gasteiger charge is 2.45. The molecule has 0 bridgehead atoms.